The Balaban J connectivity index is 2.21. The first-order valence-electron chi connectivity index (χ1n) is 5.67. The van der Waals surface area contributed by atoms with E-state index in [1.165, 1.54) is 17.0 Å². The number of likely N-dealkylation sites (tertiary alicyclic amines) is 1. The Labute approximate surface area is 99.9 Å². The summed E-state index contributed by atoms with van der Waals surface area (Å²) < 4.78 is 13.6. The normalized spacial score (nSPS) is 24.1. The number of nitrogens with zero attached hydrogens (tertiary/aromatic N) is 1. The van der Waals surface area contributed by atoms with Crippen molar-refractivity contribution in [3.63, 3.8) is 0 Å². The Morgan fingerprint density at radius 2 is 2.24 bits per heavy atom. The standard InChI is InChI=1S/C13H16FNO2/c1-9-3-4-10(11(14)7-9)12(16)15-6-5-13(2,17)8-15/h3-4,7,17H,5-6,8H2,1-2H3. The maximum Gasteiger partial charge on any atom is 0.256 e. The number of halogens is 1. The third kappa shape index (κ3) is 2.47. The second-order valence-electron chi connectivity index (χ2n) is 4.96. The summed E-state index contributed by atoms with van der Waals surface area (Å²) in [5.74, 6) is -0.846. The summed E-state index contributed by atoms with van der Waals surface area (Å²) in [4.78, 5) is 13.5. The molecule has 1 aliphatic rings. The molecule has 1 heterocycles. The van der Waals surface area contributed by atoms with Crippen LogP contribution in [0, 0.1) is 12.7 Å². The zero-order valence-corrected chi connectivity index (χ0v) is 10.0. The van der Waals surface area contributed by atoms with Crippen LogP contribution < -0.4 is 0 Å². The van der Waals surface area contributed by atoms with Crippen molar-refractivity contribution in [1.82, 2.24) is 4.90 Å². The van der Waals surface area contributed by atoms with E-state index in [1.54, 1.807) is 19.9 Å². The number of carbonyl (C=O) groups excluding carboxylic acids is 1. The minimum Gasteiger partial charge on any atom is -0.388 e. The zero-order chi connectivity index (χ0) is 12.6. The van der Waals surface area contributed by atoms with E-state index in [9.17, 15) is 14.3 Å². The predicted molar refractivity (Wildman–Crippen MR) is 62.3 cm³/mol. The predicted octanol–water partition coefficient (Wildman–Crippen LogP) is 1.73. The number of hydrogen-bond acceptors (Lipinski definition) is 2. The monoisotopic (exact) mass is 237 g/mol. The highest BCUT2D eigenvalue weighted by Gasteiger charge is 2.34. The first-order chi connectivity index (χ1) is 7.89. The van der Waals surface area contributed by atoms with Crippen molar-refractivity contribution in [2.45, 2.75) is 25.9 Å². The van der Waals surface area contributed by atoms with Crippen LogP contribution in [0.4, 0.5) is 4.39 Å². The zero-order valence-electron chi connectivity index (χ0n) is 10.0. The molecule has 0 spiro atoms. The SMILES string of the molecule is Cc1ccc(C(=O)N2CCC(C)(O)C2)c(F)c1. The molecule has 0 bridgehead atoms. The van der Waals surface area contributed by atoms with Gasteiger partial charge in [-0.1, -0.05) is 6.07 Å². The Morgan fingerprint density at radius 3 is 2.76 bits per heavy atom. The van der Waals surface area contributed by atoms with Gasteiger partial charge in [0.2, 0.25) is 0 Å². The van der Waals surface area contributed by atoms with Gasteiger partial charge in [0.15, 0.2) is 0 Å². The van der Waals surface area contributed by atoms with Gasteiger partial charge >= 0.3 is 0 Å². The fourth-order valence-corrected chi connectivity index (χ4v) is 2.08. The lowest BCUT2D eigenvalue weighted by Crippen LogP contribution is -2.34. The van der Waals surface area contributed by atoms with Gasteiger partial charge < -0.3 is 10.0 Å². The summed E-state index contributed by atoms with van der Waals surface area (Å²) in [6.07, 6.45) is 0.534. The molecule has 1 aliphatic heterocycles. The lowest BCUT2D eigenvalue weighted by atomic mass is 10.1. The number of rotatable bonds is 1. The van der Waals surface area contributed by atoms with Crippen molar-refractivity contribution in [3.8, 4) is 0 Å². The highest BCUT2D eigenvalue weighted by Crippen LogP contribution is 2.23. The molecule has 2 rings (SSSR count). The van der Waals surface area contributed by atoms with Crippen molar-refractivity contribution >= 4 is 5.91 Å². The number of amides is 1. The van der Waals surface area contributed by atoms with Crippen molar-refractivity contribution in [2.75, 3.05) is 13.1 Å². The maximum atomic E-state index is 13.6. The number of aliphatic hydroxyl groups is 1. The van der Waals surface area contributed by atoms with Crippen LogP contribution in [0.25, 0.3) is 0 Å². The van der Waals surface area contributed by atoms with E-state index >= 15 is 0 Å². The fraction of sp³-hybridized carbons (Fsp3) is 0.462. The minimum atomic E-state index is -0.850. The van der Waals surface area contributed by atoms with Crippen LogP contribution in [0.3, 0.4) is 0 Å². The smallest absolute Gasteiger partial charge is 0.256 e. The van der Waals surface area contributed by atoms with Crippen LogP contribution in [0.5, 0.6) is 0 Å². The molecule has 1 saturated heterocycles. The molecule has 92 valence electrons. The molecule has 1 N–H and O–H groups in total. The molecule has 1 unspecified atom stereocenters. The van der Waals surface area contributed by atoms with Gasteiger partial charge in [0.1, 0.15) is 5.82 Å². The molecule has 0 aliphatic carbocycles. The van der Waals surface area contributed by atoms with Crippen molar-refractivity contribution < 1.29 is 14.3 Å². The molecule has 1 atom stereocenters. The van der Waals surface area contributed by atoms with E-state index in [0.717, 1.165) is 5.56 Å². The second kappa shape index (κ2) is 4.11. The lowest BCUT2D eigenvalue weighted by molar-refractivity contribution is 0.0569. The average Bonchev–Trinajstić information content (AvgIpc) is 2.58. The van der Waals surface area contributed by atoms with Crippen LogP contribution in [-0.4, -0.2) is 34.6 Å². The van der Waals surface area contributed by atoms with Gasteiger partial charge in [0.25, 0.3) is 5.91 Å². The molecule has 1 aromatic carbocycles. The largest absolute Gasteiger partial charge is 0.388 e. The molecular formula is C13H16FNO2. The van der Waals surface area contributed by atoms with E-state index in [-0.39, 0.29) is 18.0 Å². The quantitative estimate of drug-likeness (QED) is 0.808. The maximum absolute atomic E-state index is 13.6. The Bertz CT molecular complexity index is 457. The van der Waals surface area contributed by atoms with Crippen LogP contribution in [0.2, 0.25) is 0 Å². The average molecular weight is 237 g/mol. The number of β-amino-alcohol motifs (C(OH)–C–C–N with tert-alkyl or cyclic N) is 1. The summed E-state index contributed by atoms with van der Waals surface area (Å²) in [5, 5.41) is 9.79. The first kappa shape index (κ1) is 12.0. The van der Waals surface area contributed by atoms with Gasteiger partial charge in [-0.25, -0.2) is 4.39 Å². The highest BCUT2D eigenvalue weighted by atomic mass is 19.1. The molecule has 1 aromatic rings. The molecule has 1 fully saturated rings. The molecule has 0 radical (unpaired) electrons. The van der Waals surface area contributed by atoms with E-state index in [1.807, 2.05) is 0 Å². The topological polar surface area (TPSA) is 40.5 Å². The molecule has 0 aromatic heterocycles. The van der Waals surface area contributed by atoms with Gasteiger partial charge in [-0.3, -0.25) is 4.79 Å². The summed E-state index contributed by atoms with van der Waals surface area (Å²) >= 11 is 0. The molecule has 17 heavy (non-hydrogen) atoms. The van der Waals surface area contributed by atoms with Gasteiger partial charge in [0.05, 0.1) is 11.2 Å². The minimum absolute atomic E-state index is 0.0771. The second-order valence-corrected chi connectivity index (χ2v) is 4.96. The molecule has 0 saturated carbocycles. The summed E-state index contributed by atoms with van der Waals surface area (Å²) in [5.41, 5.74) is 0.0115. The van der Waals surface area contributed by atoms with Crippen molar-refractivity contribution in [2.24, 2.45) is 0 Å². The van der Waals surface area contributed by atoms with Crippen LogP contribution in [-0.2, 0) is 0 Å². The highest BCUT2D eigenvalue weighted by molar-refractivity contribution is 5.94. The molecule has 3 nitrogen and oxygen atoms in total. The molecule has 4 heteroatoms. The number of benzene rings is 1. The Kier molecular flexibility index (Phi) is 2.91. The van der Waals surface area contributed by atoms with Gasteiger partial charge in [-0.15, -0.1) is 0 Å². The number of hydrogen-bond donors (Lipinski definition) is 1. The number of carbonyl (C=O) groups is 1. The van der Waals surface area contributed by atoms with Gasteiger partial charge in [-0.05, 0) is 38.0 Å². The van der Waals surface area contributed by atoms with Crippen molar-refractivity contribution in [3.05, 3.63) is 35.1 Å². The van der Waals surface area contributed by atoms with Gasteiger partial charge in [-0.2, -0.15) is 0 Å². The van der Waals surface area contributed by atoms with Crippen LogP contribution >= 0.6 is 0 Å². The van der Waals surface area contributed by atoms with E-state index in [2.05, 4.69) is 0 Å². The van der Waals surface area contributed by atoms with Gasteiger partial charge in [0, 0.05) is 13.1 Å². The molecule has 1 amide bonds. The summed E-state index contributed by atoms with van der Waals surface area (Å²) in [6.45, 7) is 4.20. The Hall–Kier alpha value is -1.42. The third-order valence-corrected chi connectivity index (χ3v) is 3.09. The fourth-order valence-electron chi connectivity index (χ4n) is 2.08. The summed E-state index contributed by atoms with van der Waals surface area (Å²) in [6, 6.07) is 4.56. The first-order valence-corrected chi connectivity index (χ1v) is 5.67. The molecular weight excluding hydrogens is 221 g/mol. The number of aryl methyl sites for hydroxylation is 1. The van der Waals surface area contributed by atoms with Crippen LogP contribution in [0.1, 0.15) is 29.3 Å². The van der Waals surface area contributed by atoms with Crippen molar-refractivity contribution in [1.29, 1.82) is 0 Å². The third-order valence-electron chi connectivity index (χ3n) is 3.09. The summed E-state index contributed by atoms with van der Waals surface area (Å²) in [7, 11) is 0. The van der Waals surface area contributed by atoms with E-state index in [4.69, 9.17) is 0 Å². The Morgan fingerprint density at radius 1 is 1.53 bits per heavy atom. The van der Waals surface area contributed by atoms with E-state index < -0.39 is 11.4 Å². The van der Waals surface area contributed by atoms with Crippen LogP contribution in [0.15, 0.2) is 18.2 Å². The lowest BCUT2D eigenvalue weighted by Gasteiger charge is -2.19. The van der Waals surface area contributed by atoms with E-state index in [0.29, 0.717) is 13.0 Å².